The van der Waals surface area contributed by atoms with Crippen LogP contribution in [0.15, 0.2) is 35.8 Å². The Morgan fingerprint density at radius 1 is 1.04 bits per heavy atom. The van der Waals surface area contributed by atoms with Crippen LogP contribution in [0, 0.1) is 11.3 Å². The van der Waals surface area contributed by atoms with Crippen molar-refractivity contribution in [3.05, 3.63) is 41.4 Å². The van der Waals surface area contributed by atoms with Gasteiger partial charge in [-0.05, 0) is 24.6 Å². The van der Waals surface area contributed by atoms with Gasteiger partial charge in [0.25, 0.3) is 0 Å². The monoisotopic (exact) mass is 388 g/mol. The molecule has 0 N–H and O–H groups in total. The van der Waals surface area contributed by atoms with Crippen LogP contribution >= 0.6 is 0 Å². The zero-order valence-corrected chi connectivity index (χ0v) is 17.3. The molecule has 6 heteroatoms. The highest BCUT2D eigenvalue weighted by Gasteiger charge is 2.53. The summed E-state index contributed by atoms with van der Waals surface area (Å²) in [6.07, 6.45) is 5.07. The molecule has 1 aliphatic heterocycles. The molecule has 0 spiro atoms. The Morgan fingerprint density at radius 3 is 2.18 bits per heavy atom. The highest BCUT2D eigenvalue weighted by molar-refractivity contribution is 6.04. The average Bonchev–Trinajstić information content (AvgIpc) is 2.98. The first kappa shape index (κ1) is 20.1. The first-order valence-corrected chi connectivity index (χ1v) is 9.45. The maximum Gasteiger partial charge on any atom is 0.223 e. The third-order valence-electron chi connectivity index (χ3n) is 5.77. The van der Waals surface area contributed by atoms with E-state index in [-0.39, 0.29) is 23.2 Å². The van der Waals surface area contributed by atoms with Crippen LogP contribution in [-0.2, 0) is 14.3 Å². The minimum Gasteiger partial charge on any atom is -0.493 e. The molecule has 28 heavy (non-hydrogen) atoms. The number of fused-ring (bicyclic) bond motifs is 1. The van der Waals surface area contributed by atoms with Crippen molar-refractivity contribution in [2.24, 2.45) is 11.3 Å². The van der Waals surface area contributed by atoms with E-state index in [0.717, 1.165) is 18.4 Å². The van der Waals surface area contributed by atoms with E-state index < -0.39 is 0 Å². The summed E-state index contributed by atoms with van der Waals surface area (Å²) >= 11 is 0. The molecule has 0 amide bonds. The summed E-state index contributed by atoms with van der Waals surface area (Å²) in [5, 5.41) is 0. The molecule has 1 aliphatic carbocycles. The van der Waals surface area contributed by atoms with Crippen LogP contribution in [0.2, 0.25) is 0 Å². The van der Waals surface area contributed by atoms with Gasteiger partial charge in [-0.3, -0.25) is 4.79 Å². The molecule has 0 saturated carbocycles. The molecule has 1 heterocycles. The lowest BCUT2D eigenvalue weighted by molar-refractivity contribution is -0.114. The first-order chi connectivity index (χ1) is 13.4. The Kier molecular flexibility index (Phi) is 5.59. The quantitative estimate of drug-likeness (QED) is 0.697. The zero-order chi connectivity index (χ0) is 20.5. The third kappa shape index (κ3) is 3.01. The summed E-state index contributed by atoms with van der Waals surface area (Å²) in [4.78, 5) is 12.3. The van der Waals surface area contributed by atoms with Crippen molar-refractivity contribution < 1.29 is 28.5 Å². The van der Waals surface area contributed by atoms with Gasteiger partial charge in [-0.1, -0.05) is 20.3 Å². The maximum atomic E-state index is 12.3. The van der Waals surface area contributed by atoms with Gasteiger partial charge in [0.05, 0.1) is 33.9 Å². The van der Waals surface area contributed by atoms with Gasteiger partial charge >= 0.3 is 0 Å². The van der Waals surface area contributed by atoms with Crippen molar-refractivity contribution in [1.82, 2.24) is 0 Å². The second-order valence-corrected chi connectivity index (χ2v) is 7.16. The molecule has 3 rings (SSSR count). The molecule has 0 unspecified atom stereocenters. The van der Waals surface area contributed by atoms with Gasteiger partial charge in [0.1, 0.15) is 11.9 Å². The van der Waals surface area contributed by atoms with Crippen molar-refractivity contribution in [2.45, 2.75) is 32.8 Å². The predicted octanol–water partition coefficient (Wildman–Crippen LogP) is 4.20. The number of carbonyl (C=O) groups excluding carboxylic acids is 1. The fourth-order valence-electron chi connectivity index (χ4n) is 4.33. The molecule has 0 radical (unpaired) electrons. The molecule has 1 fully saturated rings. The highest BCUT2D eigenvalue weighted by atomic mass is 16.5. The summed E-state index contributed by atoms with van der Waals surface area (Å²) in [5.74, 6) is 2.68. The van der Waals surface area contributed by atoms with Gasteiger partial charge in [-0.15, -0.1) is 0 Å². The Bertz CT molecular complexity index is 799. The first-order valence-electron chi connectivity index (χ1n) is 9.45. The van der Waals surface area contributed by atoms with Crippen LogP contribution in [-0.4, -0.2) is 34.2 Å². The molecule has 152 valence electrons. The van der Waals surface area contributed by atoms with Crippen LogP contribution in [0.5, 0.6) is 17.2 Å². The molecular formula is C22H28O6. The smallest absolute Gasteiger partial charge is 0.223 e. The predicted molar refractivity (Wildman–Crippen MR) is 105 cm³/mol. The number of rotatable bonds is 7. The van der Waals surface area contributed by atoms with Gasteiger partial charge < -0.3 is 23.7 Å². The van der Waals surface area contributed by atoms with Crippen molar-refractivity contribution in [3.8, 4) is 17.2 Å². The number of ketones is 1. The van der Waals surface area contributed by atoms with Crippen molar-refractivity contribution in [2.75, 3.05) is 28.4 Å². The number of allylic oxidation sites excluding steroid dienone is 2. The number of hydrogen-bond acceptors (Lipinski definition) is 6. The summed E-state index contributed by atoms with van der Waals surface area (Å²) in [7, 11) is 6.28. The highest BCUT2D eigenvalue weighted by Crippen LogP contribution is 2.58. The van der Waals surface area contributed by atoms with E-state index in [2.05, 4.69) is 13.8 Å². The lowest BCUT2D eigenvalue weighted by Gasteiger charge is -2.32. The number of hydrogen-bond donors (Lipinski definition) is 0. The fraction of sp³-hybridized carbons (Fsp3) is 0.500. The number of methoxy groups -OCH3 is 4. The van der Waals surface area contributed by atoms with Crippen molar-refractivity contribution in [3.63, 3.8) is 0 Å². The summed E-state index contributed by atoms with van der Waals surface area (Å²) in [6.45, 7) is 4.27. The molecule has 1 aromatic rings. The second-order valence-electron chi connectivity index (χ2n) is 7.16. The average molecular weight is 388 g/mol. The van der Waals surface area contributed by atoms with E-state index in [1.807, 2.05) is 18.2 Å². The molecule has 1 aromatic carbocycles. The molecule has 1 saturated heterocycles. The van der Waals surface area contributed by atoms with Crippen LogP contribution in [0.25, 0.3) is 0 Å². The van der Waals surface area contributed by atoms with E-state index in [1.54, 1.807) is 27.4 Å². The normalized spacial score (nSPS) is 26.0. The topological polar surface area (TPSA) is 63.2 Å². The van der Waals surface area contributed by atoms with Gasteiger partial charge in [0.15, 0.2) is 17.3 Å². The van der Waals surface area contributed by atoms with E-state index in [9.17, 15) is 4.79 Å². The van der Waals surface area contributed by atoms with E-state index in [0.29, 0.717) is 28.8 Å². The van der Waals surface area contributed by atoms with Gasteiger partial charge in [0, 0.05) is 17.6 Å². The lowest BCUT2D eigenvalue weighted by Crippen LogP contribution is -2.29. The van der Waals surface area contributed by atoms with E-state index in [4.69, 9.17) is 23.7 Å². The lowest BCUT2D eigenvalue weighted by atomic mass is 9.68. The Hall–Kier alpha value is -2.63. The van der Waals surface area contributed by atoms with Gasteiger partial charge in [-0.25, -0.2) is 0 Å². The summed E-state index contributed by atoms with van der Waals surface area (Å²) < 4.78 is 28.1. The fourth-order valence-corrected chi connectivity index (χ4v) is 4.33. The SMILES string of the molecule is CCC[C@@]12C=C(OC)C(=O)C=C1O[C@H](c1cc(OC)c(OC)c(OC)c1)[C@@H]2C. The van der Waals surface area contributed by atoms with Crippen LogP contribution in [0.1, 0.15) is 38.4 Å². The van der Waals surface area contributed by atoms with Crippen molar-refractivity contribution >= 4 is 5.78 Å². The molecule has 0 aromatic heterocycles. The molecule has 3 atom stereocenters. The van der Waals surface area contributed by atoms with Crippen LogP contribution in [0.4, 0.5) is 0 Å². The van der Waals surface area contributed by atoms with E-state index >= 15 is 0 Å². The molecule has 6 nitrogen and oxygen atoms in total. The molecular weight excluding hydrogens is 360 g/mol. The molecule has 2 aliphatic rings. The number of ether oxygens (including phenoxy) is 5. The van der Waals surface area contributed by atoms with Gasteiger partial charge in [0.2, 0.25) is 11.5 Å². The van der Waals surface area contributed by atoms with E-state index in [1.165, 1.54) is 7.11 Å². The summed E-state index contributed by atoms with van der Waals surface area (Å²) in [6, 6.07) is 3.81. The number of benzene rings is 1. The third-order valence-corrected chi connectivity index (χ3v) is 5.77. The largest absolute Gasteiger partial charge is 0.493 e. The zero-order valence-electron chi connectivity index (χ0n) is 17.3. The Balaban J connectivity index is 2.10. The minimum atomic E-state index is -0.376. The van der Waals surface area contributed by atoms with Crippen molar-refractivity contribution in [1.29, 1.82) is 0 Å². The number of carbonyl (C=O) groups is 1. The standard InChI is InChI=1S/C22H28O6/c1-7-8-22-12-18(26-5)15(23)11-19(22)28-20(13(22)2)14-9-16(24-3)21(27-6)17(10-14)25-4/h9-13,20H,7-8H2,1-6H3/t13-,20-,22-/m0/s1. The Labute approximate surface area is 166 Å². The summed E-state index contributed by atoms with van der Waals surface area (Å²) in [5.41, 5.74) is 0.534. The van der Waals surface area contributed by atoms with Gasteiger partial charge in [-0.2, -0.15) is 0 Å². The molecule has 0 bridgehead atoms. The Morgan fingerprint density at radius 2 is 1.68 bits per heavy atom. The maximum absolute atomic E-state index is 12.3. The minimum absolute atomic E-state index is 0.0831. The van der Waals surface area contributed by atoms with Crippen LogP contribution in [0.3, 0.4) is 0 Å². The second kappa shape index (κ2) is 7.78. The van der Waals surface area contributed by atoms with Crippen LogP contribution < -0.4 is 14.2 Å².